The topological polar surface area (TPSA) is 38.3 Å². The van der Waals surface area contributed by atoms with Gasteiger partial charge in [-0.1, -0.05) is 42.5 Å². The number of benzene rings is 2. The van der Waals surface area contributed by atoms with Crippen LogP contribution in [-0.2, 0) is 0 Å². The monoisotopic (exact) mass is 337 g/mol. The molecule has 3 nitrogen and oxygen atoms in total. The fraction of sp³-hybridized carbons (Fsp3) is 0.150. The third-order valence-corrected chi connectivity index (χ3v) is 4.94. The molecule has 0 saturated carbocycles. The van der Waals surface area contributed by atoms with Crippen molar-refractivity contribution in [3.63, 3.8) is 0 Å². The average Bonchev–Trinajstić information content (AvgIpc) is 3.06. The van der Waals surface area contributed by atoms with Crippen molar-refractivity contribution >= 4 is 17.2 Å². The molecule has 1 amide bonds. The van der Waals surface area contributed by atoms with Crippen LogP contribution in [0.4, 0.5) is 0 Å². The molecule has 3 aromatic rings. The molecule has 1 N–H and O–H groups in total. The standard InChI is InChI=1S/C20H19NO2S/c1-14-12-13-24-19(14)20(22)21-18(15-6-4-3-5-7-15)16-8-10-17(23-2)11-9-16/h3-13,18H,1-2H3,(H,21,22)/t18-/m1/s1. The second-order valence-corrected chi connectivity index (χ2v) is 6.44. The van der Waals surface area contributed by atoms with Crippen LogP contribution in [0.5, 0.6) is 5.75 Å². The van der Waals surface area contributed by atoms with Crippen molar-refractivity contribution in [3.05, 3.63) is 87.6 Å². The smallest absolute Gasteiger partial charge is 0.262 e. The first-order valence-electron chi connectivity index (χ1n) is 7.73. The predicted octanol–water partition coefficient (Wildman–Crippen LogP) is 4.58. The van der Waals surface area contributed by atoms with E-state index in [4.69, 9.17) is 4.74 Å². The minimum Gasteiger partial charge on any atom is -0.497 e. The number of aryl methyl sites for hydroxylation is 1. The normalized spacial score (nSPS) is 11.8. The Kier molecular flexibility index (Phi) is 4.96. The zero-order valence-electron chi connectivity index (χ0n) is 13.7. The maximum atomic E-state index is 12.7. The molecule has 0 bridgehead atoms. The zero-order valence-corrected chi connectivity index (χ0v) is 14.5. The van der Waals surface area contributed by atoms with E-state index in [1.807, 2.05) is 73.0 Å². The van der Waals surface area contributed by atoms with Crippen molar-refractivity contribution in [2.75, 3.05) is 7.11 Å². The van der Waals surface area contributed by atoms with Crippen molar-refractivity contribution < 1.29 is 9.53 Å². The van der Waals surface area contributed by atoms with Gasteiger partial charge in [-0.05, 0) is 47.2 Å². The number of hydrogen-bond donors (Lipinski definition) is 1. The van der Waals surface area contributed by atoms with Crippen LogP contribution in [0.3, 0.4) is 0 Å². The maximum absolute atomic E-state index is 12.7. The van der Waals surface area contributed by atoms with Crippen molar-refractivity contribution in [1.29, 1.82) is 0 Å². The molecule has 0 aliphatic carbocycles. The van der Waals surface area contributed by atoms with E-state index < -0.39 is 0 Å². The third kappa shape index (κ3) is 3.49. The summed E-state index contributed by atoms with van der Waals surface area (Å²) >= 11 is 1.46. The van der Waals surface area contributed by atoms with E-state index in [0.717, 1.165) is 27.3 Å². The molecule has 3 rings (SSSR count). The number of thiophene rings is 1. The fourth-order valence-electron chi connectivity index (χ4n) is 2.60. The number of hydrogen-bond acceptors (Lipinski definition) is 3. The summed E-state index contributed by atoms with van der Waals surface area (Å²) in [6.45, 7) is 1.95. The molecule has 0 saturated heterocycles. The van der Waals surface area contributed by atoms with Gasteiger partial charge in [-0.2, -0.15) is 0 Å². The summed E-state index contributed by atoms with van der Waals surface area (Å²) in [6, 6.07) is 19.5. The summed E-state index contributed by atoms with van der Waals surface area (Å²) in [4.78, 5) is 13.4. The molecule has 0 spiro atoms. The van der Waals surface area contributed by atoms with Crippen molar-refractivity contribution in [3.8, 4) is 5.75 Å². The van der Waals surface area contributed by atoms with Crippen LogP contribution in [0.2, 0.25) is 0 Å². The van der Waals surface area contributed by atoms with Gasteiger partial charge in [-0.3, -0.25) is 4.79 Å². The highest BCUT2D eigenvalue weighted by atomic mass is 32.1. The minimum atomic E-state index is -0.203. The third-order valence-electron chi connectivity index (χ3n) is 3.93. The summed E-state index contributed by atoms with van der Waals surface area (Å²) in [5, 5.41) is 5.10. The second-order valence-electron chi connectivity index (χ2n) is 5.52. The van der Waals surface area contributed by atoms with Gasteiger partial charge in [0, 0.05) is 0 Å². The Balaban J connectivity index is 1.93. The summed E-state index contributed by atoms with van der Waals surface area (Å²) in [5.74, 6) is 0.748. The Morgan fingerprint density at radius 3 is 2.25 bits per heavy atom. The number of ether oxygens (including phenoxy) is 1. The lowest BCUT2D eigenvalue weighted by Crippen LogP contribution is -2.29. The summed E-state index contributed by atoms with van der Waals surface area (Å²) in [5.41, 5.74) is 3.06. The number of nitrogens with one attached hydrogen (secondary N) is 1. The molecular formula is C20H19NO2S. The second kappa shape index (κ2) is 7.32. The Morgan fingerprint density at radius 2 is 1.67 bits per heavy atom. The van der Waals surface area contributed by atoms with E-state index in [1.54, 1.807) is 7.11 Å². The highest BCUT2D eigenvalue weighted by Gasteiger charge is 2.19. The summed E-state index contributed by atoms with van der Waals surface area (Å²) < 4.78 is 5.22. The largest absolute Gasteiger partial charge is 0.497 e. The molecule has 122 valence electrons. The lowest BCUT2D eigenvalue weighted by atomic mass is 9.98. The Bertz CT molecular complexity index is 809. The molecular weight excluding hydrogens is 318 g/mol. The molecule has 1 heterocycles. The highest BCUT2D eigenvalue weighted by Crippen LogP contribution is 2.25. The number of carbonyl (C=O) groups excluding carboxylic acids is 1. The predicted molar refractivity (Wildman–Crippen MR) is 97.8 cm³/mol. The van der Waals surface area contributed by atoms with E-state index in [9.17, 15) is 4.79 Å². The van der Waals surface area contributed by atoms with Crippen LogP contribution < -0.4 is 10.1 Å². The number of carbonyl (C=O) groups is 1. The first kappa shape index (κ1) is 16.3. The molecule has 1 atom stereocenters. The Labute approximate surface area is 145 Å². The quantitative estimate of drug-likeness (QED) is 0.740. The van der Waals surface area contributed by atoms with Crippen LogP contribution >= 0.6 is 11.3 Å². The van der Waals surface area contributed by atoms with Gasteiger partial charge in [-0.15, -0.1) is 11.3 Å². The SMILES string of the molecule is COc1ccc([C@H](NC(=O)c2sccc2C)c2ccccc2)cc1. The number of methoxy groups -OCH3 is 1. The molecule has 0 aliphatic heterocycles. The number of amides is 1. The van der Waals surface area contributed by atoms with Gasteiger partial charge in [0.1, 0.15) is 5.75 Å². The molecule has 4 heteroatoms. The van der Waals surface area contributed by atoms with Gasteiger partial charge >= 0.3 is 0 Å². The van der Waals surface area contributed by atoms with E-state index in [0.29, 0.717) is 0 Å². The summed E-state index contributed by atoms with van der Waals surface area (Å²) in [6.07, 6.45) is 0. The highest BCUT2D eigenvalue weighted by molar-refractivity contribution is 7.12. The average molecular weight is 337 g/mol. The lowest BCUT2D eigenvalue weighted by Gasteiger charge is -2.20. The molecule has 24 heavy (non-hydrogen) atoms. The van der Waals surface area contributed by atoms with Gasteiger partial charge in [0.2, 0.25) is 0 Å². The molecule has 0 fully saturated rings. The first-order valence-corrected chi connectivity index (χ1v) is 8.61. The van der Waals surface area contributed by atoms with Gasteiger partial charge in [0.05, 0.1) is 18.0 Å². The van der Waals surface area contributed by atoms with Gasteiger partial charge in [0.15, 0.2) is 0 Å². The first-order chi connectivity index (χ1) is 11.7. The Morgan fingerprint density at radius 1 is 1.00 bits per heavy atom. The van der Waals surface area contributed by atoms with Crippen LogP contribution in [0.15, 0.2) is 66.0 Å². The van der Waals surface area contributed by atoms with Crippen molar-refractivity contribution in [2.45, 2.75) is 13.0 Å². The maximum Gasteiger partial charge on any atom is 0.262 e. The molecule has 0 aliphatic rings. The fourth-order valence-corrected chi connectivity index (χ4v) is 3.43. The van der Waals surface area contributed by atoms with Crippen molar-refractivity contribution in [2.24, 2.45) is 0 Å². The summed E-state index contributed by atoms with van der Waals surface area (Å²) in [7, 11) is 1.64. The van der Waals surface area contributed by atoms with E-state index in [1.165, 1.54) is 11.3 Å². The van der Waals surface area contributed by atoms with Gasteiger partial charge in [0.25, 0.3) is 5.91 Å². The molecule has 0 unspecified atom stereocenters. The van der Waals surface area contributed by atoms with Crippen molar-refractivity contribution in [1.82, 2.24) is 5.32 Å². The molecule has 2 aromatic carbocycles. The lowest BCUT2D eigenvalue weighted by molar-refractivity contribution is 0.0946. The molecule has 0 radical (unpaired) electrons. The van der Waals surface area contributed by atoms with E-state index in [-0.39, 0.29) is 11.9 Å². The Hall–Kier alpha value is -2.59. The van der Waals surface area contributed by atoms with Crippen LogP contribution in [0.25, 0.3) is 0 Å². The van der Waals surface area contributed by atoms with Crippen LogP contribution in [-0.4, -0.2) is 13.0 Å². The molecule has 1 aromatic heterocycles. The van der Waals surface area contributed by atoms with Gasteiger partial charge < -0.3 is 10.1 Å². The van der Waals surface area contributed by atoms with Gasteiger partial charge in [-0.25, -0.2) is 0 Å². The van der Waals surface area contributed by atoms with Crippen LogP contribution in [0, 0.1) is 6.92 Å². The van der Waals surface area contributed by atoms with Crippen LogP contribution in [0.1, 0.15) is 32.4 Å². The minimum absolute atomic E-state index is 0.0489. The number of rotatable bonds is 5. The van der Waals surface area contributed by atoms with E-state index in [2.05, 4.69) is 5.32 Å². The zero-order chi connectivity index (χ0) is 16.9. The van der Waals surface area contributed by atoms with E-state index >= 15 is 0 Å².